The summed E-state index contributed by atoms with van der Waals surface area (Å²) in [5.74, 6) is 0.197. The van der Waals surface area contributed by atoms with E-state index in [0.29, 0.717) is 18.2 Å². The average Bonchev–Trinajstić information content (AvgIpc) is 3.05. The number of carbonyl (C=O) groups is 1. The highest BCUT2D eigenvalue weighted by atomic mass is 32.2. The van der Waals surface area contributed by atoms with Crippen LogP contribution < -0.4 is 0 Å². The Morgan fingerprint density at radius 3 is 2.76 bits per heavy atom. The zero-order chi connectivity index (χ0) is 15.2. The number of amides is 1. The van der Waals surface area contributed by atoms with Gasteiger partial charge >= 0.3 is 0 Å². The number of nitrogens with zero attached hydrogens (tertiary/aromatic N) is 6. The fourth-order valence-corrected chi connectivity index (χ4v) is 2.56. The SMILES string of the molecule is Cn1cncc1CN(CCO)C(=O)CSc1nncn1C. The predicted molar refractivity (Wildman–Crippen MR) is 77.4 cm³/mol. The van der Waals surface area contributed by atoms with Crippen molar-refractivity contribution in [3.8, 4) is 0 Å². The molecule has 8 nitrogen and oxygen atoms in total. The van der Waals surface area contributed by atoms with Crippen molar-refractivity contribution < 1.29 is 9.90 Å². The van der Waals surface area contributed by atoms with Gasteiger partial charge in [0.05, 0.1) is 30.9 Å². The van der Waals surface area contributed by atoms with Crippen molar-refractivity contribution in [1.29, 1.82) is 0 Å². The van der Waals surface area contributed by atoms with E-state index in [2.05, 4.69) is 15.2 Å². The Labute approximate surface area is 126 Å². The third kappa shape index (κ3) is 4.05. The maximum absolute atomic E-state index is 12.3. The molecule has 1 N–H and O–H groups in total. The Morgan fingerprint density at radius 1 is 1.38 bits per heavy atom. The van der Waals surface area contributed by atoms with E-state index in [1.54, 1.807) is 28.3 Å². The van der Waals surface area contributed by atoms with Crippen molar-refractivity contribution in [2.24, 2.45) is 14.1 Å². The van der Waals surface area contributed by atoms with Gasteiger partial charge in [0, 0.05) is 26.8 Å². The summed E-state index contributed by atoms with van der Waals surface area (Å²) < 4.78 is 3.61. The molecule has 2 rings (SSSR count). The molecule has 0 radical (unpaired) electrons. The maximum atomic E-state index is 12.3. The van der Waals surface area contributed by atoms with E-state index in [1.807, 2.05) is 18.7 Å². The Bertz CT molecular complexity index is 596. The minimum Gasteiger partial charge on any atom is -0.395 e. The number of imidazole rings is 1. The lowest BCUT2D eigenvalue weighted by Crippen LogP contribution is -2.35. The molecule has 0 unspecified atom stereocenters. The highest BCUT2D eigenvalue weighted by molar-refractivity contribution is 7.99. The summed E-state index contributed by atoms with van der Waals surface area (Å²) in [5.41, 5.74) is 0.917. The van der Waals surface area contributed by atoms with Crippen LogP contribution in [0.15, 0.2) is 24.0 Å². The number of aliphatic hydroxyl groups excluding tert-OH is 1. The van der Waals surface area contributed by atoms with Crippen molar-refractivity contribution in [2.45, 2.75) is 11.7 Å². The van der Waals surface area contributed by atoms with Crippen LogP contribution in [0.1, 0.15) is 5.69 Å². The van der Waals surface area contributed by atoms with E-state index >= 15 is 0 Å². The quantitative estimate of drug-likeness (QED) is 0.704. The van der Waals surface area contributed by atoms with E-state index in [-0.39, 0.29) is 18.3 Å². The average molecular weight is 310 g/mol. The smallest absolute Gasteiger partial charge is 0.233 e. The summed E-state index contributed by atoms with van der Waals surface area (Å²) in [4.78, 5) is 17.9. The number of thioether (sulfide) groups is 1. The summed E-state index contributed by atoms with van der Waals surface area (Å²) in [6.07, 6.45) is 4.99. The second-order valence-corrected chi connectivity index (χ2v) is 5.49. The molecule has 0 spiro atoms. The Balaban J connectivity index is 1.95. The van der Waals surface area contributed by atoms with Gasteiger partial charge in [-0.15, -0.1) is 10.2 Å². The highest BCUT2D eigenvalue weighted by Gasteiger charge is 2.16. The zero-order valence-electron chi connectivity index (χ0n) is 12.0. The fourth-order valence-electron chi connectivity index (χ4n) is 1.77. The van der Waals surface area contributed by atoms with Crippen LogP contribution in [0.4, 0.5) is 0 Å². The van der Waals surface area contributed by atoms with Crippen LogP contribution in [0.3, 0.4) is 0 Å². The largest absolute Gasteiger partial charge is 0.395 e. The second-order valence-electron chi connectivity index (χ2n) is 4.55. The third-order valence-electron chi connectivity index (χ3n) is 2.99. The molecule has 0 fully saturated rings. The number of aliphatic hydroxyl groups is 1. The maximum Gasteiger partial charge on any atom is 0.233 e. The molecule has 0 saturated carbocycles. The molecule has 1 amide bonds. The molecule has 0 aromatic carbocycles. The van der Waals surface area contributed by atoms with Crippen molar-refractivity contribution in [3.63, 3.8) is 0 Å². The molecular weight excluding hydrogens is 292 g/mol. The molecule has 0 aliphatic rings. The number of carbonyl (C=O) groups excluding carboxylic acids is 1. The van der Waals surface area contributed by atoms with Crippen molar-refractivity contribution in [2.75, 3.05) is 18.9 Å². The second kappa shape index (κ2) is 7.23. The molecule has 0 aliphatic carbocycles. The fraction of sp³-hybridized carbons (Fsp3) is 0.500. The molecule has 0 atom stereocenters. The van der Waals surface area contributed by atoms with Gasteiger partial charge in [0.2, 0.25) is 5.91 Å². The van der Waals surface area contributed by atoms with Crippen LogP contribution in [-0.4, -0.2) is 59.1 Å². The molecular formula is C12H18N6O2S. The molecule has 114 valence electrons. The van der Waals surface area contributed by atoms with Gasteiger partial charge in [0.15, 0.2) is 5.16 Å². The first kappa shape index (κ1) is 15.5. The van der Waals surface area contributed by atoms with Crippen LogP contribution in [0, 0.1) is 0 Å². The van der Waals surface area contributed by atoms with E-state index in [4.69, 9.17) is 5.11 Å². The van der Waals surface area contributed by atoms with Gasteiger partial charge in [0.1, 0.15) is 6.33 Å². The molecule has 9 heteroatoms. The Morgan fingerprint density at radius 2 is 2.19 bits per heavy atom. The van der Waals surface area contributed by atoms with Crippen LogP contribution in [0.25, 0.3) is 0 Å². The topological polar surface area (TPSA) is 89.1 Å². The van der Waals surface area contributed by atoms with Gasteiger partial charge in [-0.1, -0.05) is 11.8 Å². The molecule has 2 aromatic heterocycles. The third-order valence-corrected chi connectivity index (χ3v) is 4.01. The Hall–Kier alpha value is -1.87. The Kier molecular flexibility index (Phi) is 5.34. The van der Waals surface area contributed by atoms with Gasteiger partial charge in [-0.3, -0.25) is 4.79 Å². The number of aromatic nitrogens is 5. The van der Waals surface area contributed by atoms with Crippen molar-refractivity contribution in [1.82, 2.24) is 29.2 Å². The van der Waals surface area contributed by atoms with E-state index in [1.165, 1.54) is 11.8 Å². The number of hydrogen-bond donors (Lipinski definition) is 1. The number of rotatable bonds is 7. The van der Waals surface area contributed by atoms with Gasteiger partial charge in [0.25, 0.3) is 0 Å². The number of hydrogen-bond acceptors (Lipinski definition) is 6. The first-order valence-electron chi connectivity index (χ1n) is 6.42. The summed E-state index contributed by atoms with van der Waals surface area (Å²) in [6, 6.07) is 0. The summed E-state index contributed by atoms with van der Waals surface area (Å²) >= 11 is 1.33. The van der Waals surface area contributed by atoms with Gasteiger partial charge in [-0.05, 0) is 0 Å². The van der Waals surface area contributed by atoms with E-state index in [0.717, 1.165) is 5.69 Å². The summed E-state index contributed by atoms with van der Waals surface area (Å²) in [5, 5.41) is 17.5. The van der Waals surface area contributed by atoms with Crippen LogP contribution in [0.2, 0.25) is 0 Å². The van der Waals surface area contributed by atoms with E-state index in [9.17, 15) is 4.79 Å². The van der Waals surface area contributed by atoms with Crippen LogP contribution in [-0.2, 0) is 25.4 Å². The number of aryl methyl sites for hydroxylation is 2. The molecule has 2 aromatic rings. The van der Waals surface area contributed by atoms with Crippen LogP contribution in [0.5, 0.6) is 0 Å². The minimum absolute atomic E-state index is 0.0572. The highest BCUT2D eigenvalue weighted by Crippen LogP contribution is 2.15. The van der Waals surface area contributed by atoms with Crippen molar-refractivity contribution in [3.05, 3.63) is 24.5 Å². The van der Waals surface area contributed by atoms with Gasteiger partial charge in [-0.25, -0.2) is 4.98 Å². The van der Waals surface area contributed by atoms with Gasteiger partial charge < -0.3 is 19.1 Å². The molecule has 0 saturated heterocycles. The molecule has 0 bridgehead atoms. The van der Waals surface area contributed by atoms with Gasteiger partial charge in [-0.2, -0.15) is 0 Å². The first-order chi connectivity index (χ1) is 10.1. The lowest BCUT2D eigenvalue weighted by Gasteiger charge is -2.21. The standard InChI is InChI=1S/C12H18N6O2S/c1-16-8-13-5-10(16)6-18(3-4-19)11(20)7-21-12-15-14-9-17(12)2/h5,8-9,19H,3-4,6-7H2,1-2H3. The minimum atomic E-state index is -0.0712. The lowest BCUT2D eigenvalue weighted by molar-refractivity contribution is -0.129. The first-order valence-corrected chi connectivity index (χ1v) is 7.41. The normalized spacial score (nSPS) is 10.8. The molecule has 2 heterocycles. The summed E-state index contributed by atoms with van der Waals surface area (Å²) in [7, 11) is 3.70. The van der Waals surface area contributed by atoms with Crippen LogP contribution >= 0.6 is 11.8 Å². The predicted octanol–water partition coefficient (Wildman–Crippen LogP) is -0.338. The lowest BCUT2D eigenvalue weighted by atomic mass is 10.4. The molecule has 0 aliphatic heterocycles. The zero-order valence-corrected chi connectivity index (χ0v) is 12.8. The summed E-state index contributed by atoms with van der Waals surface area (Å²) in [6.45, 7) is 0.650. The van der Waals surface area contributed by atoms with E-state index < -0.39 is 0 Å². The monoisotopic (exact) mass is 310 g/mol. The van der Waals surface area contributed by atoms with Crippen molar-refractivity contribution >= 4 is 17.7 Å². The molecule has 21 heavy (non-hydrogen) atoms.